The van der Waals surface area contributed by atoms with E-state index in [0.717, 1.165) is 24.1 Å². The van der Waals surface area contributed by atoms with Gasteiger partial charge >= 0.3 is 0 Å². The molecule has 0 spiro atoms. The van der Waals surface area contributed by atoms with Gasteiger partial charge in [0.2, 0.25) is 0 Å². The molecular weight excluding hydrogens is 306 g/mol. The summed E-state index contributed by atoms with van der Waals surface area (Å²) >= 11 is 3.42. The number of halogens is 1. The van der Waals surface area contributed by atoms with Crippen LogP contribution in [0.1, 0.15) is 36.0 Å². The van der Waals surface area contributed by atoms with E-state index in [1.165, 1.54) is 19.3 Å². The molecule has 0 aromatic heterocycles. The maximum Gasteiger partial charge on any atom is 0.253 e. The Kier molecular flexibility index (Phi) is 7.56. The maximum absolute atomic E-state index is 11.7. The number of rotatable bonds is 8. The molecule has 1 aromatic rings. The third-order valence-corrected chi connectivity index (χ3v) is 3.36. The SMILES string of the molecule is CN(C)C(=O)c1ccc(OCCCCCCBr)cc1. The summed E-state index contributed by atoms with van der Waals surface area (Å²) in [5.41, 5.74) is 0.690. The molecule has 0 bridgehead atoms. The Hall–Kier alpha value is -1.03. The first-order valence-electron chi connectivity index (χ1n) is 6.65. The average molecular weight is 328 g/mol. The smallest absolute Gasteiger partial charge is 0.253 e. The minimum absolute atomic E-state index is 0.0151. The lowest BCUT2D eigenvalue weighted by Crippen LogP contribution is -2.21. The summed E-state index contributed by atoms with van der Waals surface area (Å²) in [6.45, 7) is 0.739. The highest BCUT2D eigenvalue weighted by Crippen LogP contribution is 2.14. The Balaban J connectivity index is 2.30. The van der Waals surface area contributed by atoms with E-state index in [-0.39, 0.29) is 5.91 Å². The Labute approximate surface area is 124 Å². The van der Waals surface area contributed by atoms with Crippen molar-refractivity contribution in [3.63, 3.8) is 0 Å². The molecule has 0 unspecified atom stereocenters. The molecule has 0 aliphatic rings. The van der Waals surface area contributed by atoms with Crippen molar-refractivity contribution in [3.05, 3.63) is 29.8 Å². The summed E-state index contributed by atoms with van der Waals surface area (Å²) < 4.78 is 5.64. The van der Waals surface area contributed by atoms with Gasteiger partial charge in [0.25, 0.3) is 5.91 Å². The fourth-order valence-electron chi connectivity index (χ4n) is 1.69. The number of carbonyl (C=O) groups excluding carboxylic acids is 1. The molecule has 0 saturated carbocycles. The van der Waals surface area contributed by atoms with Crippen LogP contribution in [0.4, 0.5) is 0 Å². The fraction of sp³-hybridized carbons (Fsp3) is 0.533. The Bertz CT molecular complexity index is 376. The van der Waals surface area contributed by atoms with Crippen LogP contribution < -0.4 is 4.74 Å². The molecule has 0 heterocycles. The Morgan fingerprint density at radius 3 is 2.32 bits per heavy atom. The van der Waals surface area contributed by atoms with Crippen molar-refractivity contribution < 1.29 is 9.53 Å². The summed E-state index contributed by atoms with van der Waals surface area (Å²) in [6.07, 6.45) is 4.74. The predicted molar refractivity (Wildman–Crippen MR) is 82.2 cm³/mol. The second-order valence-corrected chi connectivity index (χ2v) is 5.47. The number of nitrogens with zero attached hydrogens (tertiary/aromatic N) is 1. The lowest BCUT2D eigenvalue weighted by atomic mass is 10.2. The minimum atomic E-state index is 0.0151. The van der Waals surface area contributed by atoms with Gasteiger partial charge in [-0.25, -0.2) is 0 Å². The first-order chi connectivity index (χ1) is 9.15. The van der Waals surface area contributed by atoms with Gasteiger partial charge in [0, 0.05) is 25.0 Å². The molecule has 0 saturated heterocycles. The van der Waals surface area contributed by atoms with Crippen molar-refractivity contribution in [1.82, 2.24) is 4.90 Å². The van der Waals surface area contributed by atoms with E-state index in [1.807, 2.05) is 24.3 Å². The molecule has 106 valence electrons. The van der Waals surface area contributed by atoms with Crippen molar-refractivity contribution in [2.45, 2.75) is 25.7 Å². The third kappa shape index (κ3) is 6.10. The number of hydrogen-bond acceptors (Lipinski definition) is 2. The quantitative estimate of drug-likeness (QED) is 0.538. The highest BCUT2D eigenvalue weighted by Gasteiger charge is 2.07. The number of hydrogen-bond donors (Lipinski definition) is 0. The molecular formula is C15H22BrNO2. The molecule has 3 nitrogen and oxygen atoms in total. The van der Waals surface area contributed by atoms with Gasteiger partial charge in [0.05, 0.1) is 6.61 Å². The Morgan fingerprint density at radius 1 is 1.11 bits per heavy atom. The first kappa shape index (κ1) is 16.0. The largest absolute Gasteiger partial charge is 0.494 e. The van der Waals surface area contributed by atoms with Crippen LogP contribution >= 0.6 is 15.9 Å². The van der Waals surface area contributed by atoms with E-state index in [0.29, 0.717) is 5.56 Å². The highest BCUT2D eigenvalue weighted by molar-refractivity contribution is 9.09. The van der Waals surface area contributed by atoms with E-state index in [4.69, 9.17) is 4.74 Å². The molecule has 0 fully saturated rings. The van der Waals surface area contributed by atoms with Crippen molar-refractivity contribution in [2.24, 2.45) is 0 Å². The predicted octanol–water partition coefficient (Wildman–Crippen LogP) is 3.72. The van der Waals surface area contributed by atoms with E-state index in [1.54, 1.807) is 19.0 Å². The van der Waals surface area contributed by atoms with Gasteiger partial charge in [-0.3, -0.25) is 4.79 Å². The maximum atomic E-state index is 11.7. The molecule has 0 atom stereocenters. The van der Waals surface area contributed by atoms with E-state index in [9.17, 15) is 4.79 Å². The van der Waals surface area contributed by atoms with Gasteiger partial charge in [-0.05, 0) is 37.1 Å². The molecule has 1 aromatic carbocycles. The summed E-state index contributed by atoms with van der Waals surface area (Å²) in [6, 6.07) is 7.33. The number of carbonyl (C=O) groups is 1. The van der Waals surface area contributed by atoms with Gasteiger partial charge in [-0.15, -0.1) is 0 Å². The third-order valence-electron chi connectivity index (χ3n) is 2.80. The molecule has 4 heteroatoms. The number of unbranched alkanes of at least 4 members (excludes halogenated alkanes) is 3. The fourth-order valence-corrected chi connectivity index (χ4v) is 2.09. The van der Waals surface area contributed by atoms with Crippen LogP contribution in [0.3, 0.4) is 0 Å². The zero-order valence-corrected chi connectivity index (χ0v) is 13.3. The average Bonchev–Trinajstić information content (AvgIpc) is 2.42. The summed E-state index contributed by atoms with van der Waals surface area (Å²) in [5.74, 6) is 0.845. The normalized spacial score (nSPS) is 10.3. The number of benzene rings is 1. The van der Waals surface area contributed by atoms with Crippen LogP contribution in [0.25, 0.3) is 0 Å². The van der Waals surface area contributed by atoms with Gasteiger partial charge in [0.1, 0.15) is 5.75 Å². The van der Waals surface area contributed by atoms with Crippen molar-refractivity contribution in [1.29, 1.82) is 0 Å². The van der Waals surface area contributed by atoms with Crippen molar-refractivity contribution in [3.8, 4) is 5.75 Å². The van der Waals surface area contributed by atoms with Crippen molar-refractivity contribution >= 4 is 21.8 Å². The van der Waals surface area contributed by atoms with Gasteiger partial charge in [0.15, 0.2) is 0 Å². The van der Waals surface area contributed by atoms with E-state index in [2.05, 4.69) is 15.9 Å². The van der Waals surface area contributed by atoms with Crippen LogP contribution in [0.15, 0.2) is 24.3 Å². The molecule has 0 N–H and O–H groups in total. The van der Waals surface area contributed by atoms with Crippen LogP contribution in [-0.2, 0) is 0 Å². The van der Waals surface area contributed by atoms with E-state index < -0.39 is 0 Å². The van der Waals surface area contributed by atoms with Gasteiger partial charge < -0.3 is 9.64 Å². The lowest BCUT2D eigenvalue weighted by molar-refractivity contribution is 0.0827. The molecule has 0 aliphatic carbocycles. The summed E-state index contributed by atoms with van der Waals surface area (Å²) in [5, 5.41) is 1.08. The molecule has 0 radical (unpaired) electrons. The Morgan fingerprint density at radius 2 is 1.74 bits per heavy atom. The molecule has 0 aliphatic heterocycles. The highest BCUT2D eigenvalue weighted by atomic mass is 79.9. The van der Waals surface area contributed by atoms with Crippen molar-refractivity contribution in [2.75, 3.05) is 26.0 Å². The van der Waals surface area contributed by atoms with Gasteiger partial charge in [-0.1, -0.05) is 28.8 Å². The zero-order chi connectivity index (χ0) is 14.1. The number of amides is 1. The monoisotopic (exact) mass is 327 g/mol. The lowest BCUT2D eigenvalue weighted by Gasteiger charge is -2.11. The van der Waals surface area contributed by atoms with E-state index >= 15 is 0 Å². The topological polar surface area (TPSA) is 29.5 Å². The summed E-state index contributed by atoms with van der Waals surface area (Å²) in [4.78, 5) is 13.3. The van der Waals surface area contributed by atoms with Crippen LogP contribution in [0.5, 0.6) is 5.75 Å². The second kappa shape index (κ2) is 8.97. The first-order valence-corrected chi connectivity index (χ1v) is 7.78. The molecule has 1 amide bonds. The standard InChI is InChI=1S/C15H22BrNO2/c1-17(2)15(18)13-7-9-14(10-8-13)19-12-6-4-3-5-11-16/h7-10H,3-6,11-12H2,1-2H3. The second-order valence-electron chi connectivity index (χ2n) is 4.68. The molecule has 19 heavy (non-hydrogen) atoms. The van der Waals surface area contributed by atoms with Crippen LogP contribution in [0, 0.1) is 0 Å². The summed E-state index contributed by atoms with van der Waals surface area (Å²) in [7, 11) is 3.50. The van der Waals surface area contributed by atoms with Gasteiger partial charge in [-0.2, -0.15) is 0 Å². The minimum Gasteiger partial charge on any atom is -0.494 e. The van der Waals surface area contributed by atoms with Crippen LogP contribution in [-0.4, -0.2) is 36.8 Å². The number of ether oxygens (including phenoxy) is 1. The van der Waals surface area contributed by atoms with Crippen LogP contribution in [0.2, 0.25) is 0 Å². The zero-order valence-electron chi connectivity index (χ0n) is 11.7. The number of alkyl halides is 1. The molecule has 1 rings (SSSR count).